The molecule has 1 unspecified atom stereocenters. The summed E-state index contributed by atoms with van der Waals surface area (Å²) < 4.78 is 33.3. The summed E-state index contributed by atoms with van der Waals surface area (Å²) in [6.07, 6.45) is 9.16. The first-order chi connectivity index (χ1) is 32.1. The van der Waals surface area contributed by atoms with E-state index >= 15 is 0 Å². The molecule has 1 aromatic heterocycles. The van der Waals surface area contributed by atoms with Gasteiger partial charge in [0.2, 0.25) is 11.8 Å². The van der Waals surface area contributed by atoms with E-state index in [1.807, 2.05) is 30.3 Å². The van der Waals surface area contributed by atoms with Crippen molar-refractivity contribution in [1.82, 2.24) is 25.7 Å². The van der Waals surface area contributed by atoms with Crippen molar-refractivity contribution in [1.29, 1.82) is 0 Å². The maximum absolute atomic E-state index is 14.0. The van der Waals surface area contributed by atoms with E-state index in [-0.39, 0.29) is 30.2 Å². The Morgan fingerprint density at radius 2 is 1.50 bits per heavy atom. The van der Waals surface area contributed by atoms with Crippen LogP contribution in [0, 0.1) is 11.6 Å². The molecular weight excluding hydrogens is 845 g/mol. The lowest BCUT2D eigenvalue weighted by molar-refractivity contribution is -0.133. The Morgan fingerprint density at radius 1 is 0.758 bits per heavy atom. The number of nitrogens with one attached hydrogen (secondary N) is 6. The Bertz CT molecular complexity index is 2460. The van der Waals surface area contributed by atoms with Crippen LogP contribution >= 0.6 is 0 Å². The number of ether oxygens (including phenoxy) is 1. The Morgan fingerprint density at radius 3 is 2.26 bits per heavy atom. The van der Waals surface area contributed by atoms with Gasteiger partial charge in [0.15, 0.2) is 5.82 Å². The molecule has 4 amide bonds. The van der Waals surface area contributed by atoms with Gasteiger partial charge in [-0.3, -0.25) is 34.5 Å². The number of imide groups is 1. The molecule has 0 saturated carbocycles. The number of piperazine rings is 1. The van der Waals surface area contributed by atoms with Gasteiger partial charge in [-0.15, -0.1) is 0 Å². The van der Waals surface area contributed by atoms with Gasteiger partial charge in [0.25, 0.3) is 11.8 Å². The number of halogens is 2. The molecule has 66 heavy (non-hydrogen) atoms. The number of aromatic nitrogens is 2. The number of H-pyrrole nitrogens is 1. The van der Waals surface area contributed by atoms with E-state index in [9.17, 15) is 28.0 Å². The van der Waals surface area contributed by atoms with Gasteiger partial charge in [0.05, 0.1) is 11.1 Å². The molecule has 6 N–H and O–H groups in total. The predicted molar refractivity (Wildman–Crippen MR) is 252 cm³/mol. The maximum atomic E-state index is 14.0. The second-order valence-electron chi connectivity index (χ2n) is 17.6. The van der Waals surface area contributed by atoms with Crippen LogP contribution < -0.4 is 31.5 Å². The molecule has 0 spiro atoms. The van der Waals surface area contributed by atoms with Gasteiger partial charge in [-0.25, -0.2) is 8.78 Å². The van der Waals surface area contributed by atoms with Gasteiger partial charge in [-0.05, 0) is 123 Å². The second kappa shape index (κ2) is 22.2. The Balaban J connectivity index is 0.758. The standard InChI is InChI=1S/C50H59F2N9O5/c51-36-28-34(29-37(52)32-36)27-33-7-13-44-41(30-33)47(59-58-44)57-49(64)42-31-35(8-14-43(42)54-39-17-25-66-26-18-39)48(63)53-19-5-3-1-2-4-6-20-60-21-23-61(24-22-60)40-11-9-38(10-12-40)55-45-15-16-46(62)56-50(45)65/h7-14,28-32,39,45,54-55H,1-6,15-27H2,(H,53,63)(H,56,62,65)(H2,57,58,59,64). The first-order valence-electron chi connectivity index (χ1n) is 23.3. The summed E-state index contributed by atoms with van der Waals surface area (Å²) in [5.41, 5.74) is 5.30. The molecule has 1 atom stereocenters. The van der Waals surface area contributed by atoms with Gasteiger partial charge in [0.1, 0.15) is 17.7 Å². The van der Waals surface area contributed by atoms with E-state index in [2.05, 4.69) is 58.7 Å². The van der Waals surface area contributed by atoms with Gasteiger partial charge < -0.3 is 30.9 Å². The van der Waals surface area contributed by atoms with Crippen LogP contribution in [0.25, 0.3) is 10.9 Å². The molecule has 348 valence electrons. The highest BCUT2D eigenvalue weighted by Gasteiger charge is 2.27. The van der Waals surface area contributed by atoms with Gasteiger partial charge in [0, 0.05) is 92.5 Å². The molecule has 4 aromatic carbocycles. The number of anilines is 4. The van der Waals surface area contributed by atoms with Crippen molar-refractivity contribution in [2.24, 2.45) is 0 Å². The summed E-state index contributed by atoms with van der Waals surface area (Å²) in [6.45, 7) is 6.84. The SMILES string of the molecule is O=C1CCC(Nc2ccc(N3CCN(CCCCCCCCNC(=O)c4ccc(NC5CCOCC5)c(C(=O)Nc5n[nH]c6ccc(Cc7cc(F)cc(F)c7)cc56)c4)CC3)cc2)C(=O)N1. The lowest BCUT2D eigenvalue weighted by Gasteiger charge is -2.36. The summed E-state index contributed by atoms with van der Waals surface area (Å²) in [7, 11) is 0. The number of benzene rings is 4. The number of amides is 4. The molecule has 8 rings (SSSR count). The summed E-state index contributed by atoms with van der Waals surface area (Å²) in [5.74, 6) is -2.15. The van der Waals surface area contributed by atoms with Crippen molar-refractivity contribution in [2.45, 2.75) is 82.7 Å². The van der Waals surface area contributed by atoms with Crippen molar-refractivity contribution >= 4 is 57.4 Å². The van der Waals surface area contributed by atoms with Crippen molar-refractivity contribution in [3.8, 4) is 0 Å². The Kier molecular flexibility index (Phi) is 15.5. The van der Waals surface area contributed by atoms with E-state index in [1.165, 1.54) is 24.2 Å². The molecule has 4 heterocycles. The Hall–Kier alpha value is -6.39. The molecule has 3 aliphatic heterocycles. The number of rotatable bonds is 19. The molecule has 0 radical (unpaired) electrons. The van der Waals surface area contributed by atoms with Crippen LogP contribution in [-0.2, 0) is 20.7 Å². The molecular formula is C50H59F2N9O5. The second-order valence-corrected chi connectivity index (χ2v) is 17.6. The molecule has 0 bridgehead atoms. The van der Waals surface area contributed by atoms with Crippen LogP contribution in [0.4, 0.5) is 31.7 Å². The molecule has 16 heteroatoms. The lowest BCUT2D eigenvalue weighted by Crippen LogP contribution is -2.47. The number of hydrogen-bond donors (Lipinski definition) is 6. The van der Waals surface area contributed by atoms with Gasteiger partial charge in [-0.1, -0.05) is 31.7 Å². The Labute approximate surface area is 383 Å². The molecule has 14 nitrogen and oxygen atoms in total. The first-order valence-corrected chi connectivity index (χ1v) is 23.3. The predicted octanol–water partition coefficient (Wildman–Crippen LogP) is 7.38. The number of aromatic amines is 1. The zero-order valence-electron chi connectivity index (χ0n) is 37.2. The average molecular weight is 904 g/mol. The zero-order valence-corrected chi connectivity index (χ0v) is 37.2. The van der Waals surface area contributed by atoms with Crippen molar-refractivity contribution < 1.29 is 32.7 Å². The summed E-state index contributed by atoms with van der Waals surface area (Å²) >= 11 is 0. The normalized spacial score (nSPS) is 17.1. The minimum atomic E-state index is -0.643. The molecule has 3 aliphatic rings. The number of fused-ring (bicyclic) bond motifs is 1. The highest BCUT2D eigenvalue weighted by molar-refractivity contribution is 6.12. The number of carbonyl (C=O) groups excluding carboxylic acids is 4. The van der Waals surface area contributed by atoms with E-state index < -0.39 is 23.6 Å². The fraction of sp³-hybridized carbons (Fsp3) is 0.420. The minimum Gasteiger partial charge on any atom is -0.381 e. The summed E-state index contributed by atoms with van der Waals surface area (Å²) in [4.78, 5) is 55.9. The molecule has 3 saturated heterocycles. The number of unbranched alkanes of at least 4 members (excludes halogenated alkanes) is 5. The van der Waals surface area contributed by atoms with E-state index in [0.717, 1.165) is 95.0 Å². The van der Waals surface area contributed by atoms with Crippen molar-refractivity contribution in [3.63, 3.8) is 0 Å². The number of piperidine rings is 1. The van der Waals surface area contributed by atoms with Crippen LogP contribution in [0.3, 0.4) is 0 Å². The van der Waals surface area contributed by atoms with Crippen LogP contribution in [0.15, 0.2) is 78.9 Å². The third-order valence-corrected chi connectivity index (χ3v) is 12.7. The maximum Gasteiger partial charge on any atom is 0.259 e. The highest BCUT2D eigenvalue weighted by Crippen LogP contribution is 2.28. The number of carbonyl (C=O) groups is 4. The van der Waals surface area contributed by atoms with Crippen LogP contribution in [0.5, 0.6) is 0 Å². The fourth-order valence-electron chi connectivity index (χ4n) is 8.95. The third-order valence-electron chi connectivity index (χ3n) is 12.7. The average Bonchev–Trinajstić information content (AvgIpc) is 3.71. The van der Waals surface area contributed by atoms with Gasteiger partial charge >= 0.3 is 0 Å². The first kappa shape index (κ1) is 46.2. The van der Waals surface area contributed by atoms with Crippen molar-refractivity contribution in [2.75, 3.05) is 73.3 Å². The largest absolute Gasteiger partial charge is 0.381 e. The monoisotopic (exact) mass is 903 g/mol. The fourth-order valence-corrected chi connectivity index (χ4v) is 8.95. The minimum absolute atomic E-state index is 0.109. The summed E-state index contributed by atoms with van der Waals surface area (Å²) in [6, 6.07) is 22.0. The van der Waals surface area contributed by atoms with Crippen LogP contribution in [0.1, 0.15) is 96.1 Å². The number of nitrogens with zero attached hydrogens (tertiary/aromatic N) is 3. The topological polar surface area (TPSA) is 173 Å². The van der Waals surface area contributed by atoms with E-state index in [4.69, 9.17) is 4.74 Å². The van der Waals surface area contributed by atoms with Crippen LogP contribution in [-0.4, -0.2) is 103 Å². The smallest absolute Gasteiger partial charge is 0.259 e. The van der Waals surface area contributed by atoms with E-state index in [0.29, 0.717) is 71.7 Å². The highest BCUT2D eigenvalue weighted by atomic mass is 19.1. The molecule has 0 aliphatic carbocycles. The van der Waals surface area contributed by atoms with E-state index in [1.54, 1.807) is 18.2 Å². The molecule has 3 fully saturated rings. The third kappa shape index (κ3) is 12.5. The number of hydrogen-bond acceptors (Lipinski definition) is 10. The van der Waals surface area contributed by atoms with Gasteiger partial charge in [-0.2, -0.15) is 5.10 Å². The zero-order chi connectivity index (χ0) is 45.8. The van der Waals surface area contributed by atoms with Crippen molar-refractivity contribution in [3.05, 3.63) is 113 Å². The quantitative estimate of drug-likeness (QED) is 0.0363. The lowest BCUT2D eigenvalue weighted by atomic mass is 10.0. The summed E-state index contributed by atoms with van der Waals surface area (Å²) in [5, 5.41) is 23.1. The molecule has 5 aromatic rings. The van der Waals surface area contributed by atoms with Crippen LogP contribution in [0.2, 0.25) is 0 Å².